The van der Waals surface area contributed by atoms with Crippen molar-refractivity contribution in [3.05, 3.63) is 35.4 Å². The van der Waals surface area contributed by atoms with Crippen LogP contribution in [-0.2, 0) is 11.2 Å². The van der Waals surface area contributed by atoms with Crippen LogP contribution in [0.3, 0.4) is 0 Å². The molecule has 1 aromatic carbocycles. The maximum atomic E-state index is 12.9. The monoisotopic (exact) mass is 300 g/mol. The highest BCUT2D eigenvalue weighted by Gasteiger charge is 2.39. The van der Waals surface area contributed by atoms with Crippen LogP contribution in [0.2, 0.25) is 0 Å². The number of carbonyl (C=O) groups excluding carboxylic acids is 2. The van der Waals surface area contributed by atoms with E-state index in [1.807, 2.05) is 28.0 Å². The molecule has 116 valence electrons. The highest BCUT2D eigenvalue weighted by Crippen LogP contribution is 2.25. The van der Waals surface area contributed by atoms with E-state index in [1.165, 1.54) is 5.56 Å². The first-order valence-corrected chi connectivity index (χ1v) is 7.88. The highest BCUT2D eigenvalue weighted by molar-refractivity contribution is 5.85. The lowest BCUT2D eigenvalue weighted by molar-refractivity contribution is -0.136. The Balaban J connectivity index is 1.52. The van der Waals surface area contributed by atoms with Crippen molar-refractivity contribution >= 4 is 11.9 Å². The van der Waals surface area contributed by atoms with Gasteiger partial charge in [0.2, 0.25) is 5.91 Å². The van der Waals surface area contributed by atoms with Crippen molar-refractivity contribution in [1.29, 1.82) is 0 Å². The number of nitrogens with zero attached hydrogens (tertiary/aromatic N) is 2. The molecule has 2 saturated heterocycles. The number of hydrogen-bond acceptors (Lipinski definition) is 3. The van der Waals surface area contributed by atoms with Crippen LogP contribution in [0.1, 0.15) is 17.2 Å². The van der Waals surface area contributed by atoms with Crippen LogP contribution in [-0.4, -0.2) is 60.5 Å². The van der Waals surface area contributed by atoms with Gasteiger partial charge in [-0.2, -0.15) is 0 Å². The molecule has 2 N–H and O–H groups in total. The van der Waals surface area contributed by atoms with Crippen LogP contribution in [0.5, 0.6) is 0 Å². The molecule has 3 aliphatic rings. The fourth-order valence-corrected chi connectivity index (χ4v) is 3.71. The highest BCUT2D eigenvalue weighted by atomic mass is 16.2. The molecule has 0 spiro atoms. The number of rotatable bonds is 1. The standard InChI is InChI=1S/C16H20N4O2/c21-15(14-13-4-2-1-3-11(13)5-6-17-14)19-7-8-20-12(10-19)9-18-16(20)22/h1-4,12,14,17H,5-10H2,(H,18,22)/t12-,14-/m1/s1. The lowest BCUT2D eigenvalue weighted by Crippen LogP contribution is -2.56. The Morgan fingerprint density at radius 1 is 1.23 bits per heavy atom. The van der Waals surface area contributed by atoms with E-state index in [0.29, 0.717) is 26.2 Å². The summed E-state index contributed by atoms with van der Waals surface area (Å²) in [5.41, 5.74) is 2.36. The minimum absolute atomic E-state index is 0.00163. The van der Waals surface area contributed by atoms with Gasteiger partial charge in [0.25, 0.3) is 0 Å². The first-order valence-electron chi connectivity index (χ1n) is 7.88. The van der Waals surface area contributed by atoms with Gasteiger partial charge in [0.1, 0.15) is 6.04 Å². The first kappa shape index (κ1) is 13.6. The van der Waals surface area contributed by atoms with Crippen LogP contribution < -0.4 is 10.6 Å². The molecule has 6 heteroatoms. The molecule has 3 heterocycles. The van der Waals surface area contributed by atoms with E-state index in [4.69, 9.17) is 0 Å². The number of carbonyl (C=O) groups is 2. The van der Waals surface area contributed by atoms with Crippen LogP contribution in [0, 0.1) is 0 Å². The third-order valence-electron chi connectivity index (χ3n) is 4.90. The third kappa shape index (κ3) is 2.14. The number of amides is 3. The van der Waals surface area contributed by atoms with Gasteiger partial charge < -0.3 is 20.4 Å². The number of fused-ring (bicyclic) bond motifs is 2. The minimum atomic E-state index is -0.249. The fraction of sp³-hybridized carbons (Fsp3) is 0.500. The van der Waals surface area contributed by atoms with Crippen molar-refractivity contribution in [2.45, 2.75) is 18.5 Å². The van der Waals surface area contributed by atoms with Gasteiger partial charge in [-0.15, -0.1) is 0 Å². The number of benzene rings is 1. The normalized spacial score (nSPS) is 27.2. The molecule has 0 saturated carbocycles. The van der Waals surface area contributed by atoms with Crippen molar-refractivity contribution in [2.75, 3.05) is 32.7 Å². The Bertz CT molecular complexity index is 618. The summed E-state index contributed by atoms with van der Waals surface area (Å²) >= 11 is 0. The Kier molecular flexibility index (Phi) is 3.26. The third-order valence-corrected chi connectivity index (χ3v) is 4.90. The molecule has 2 fully saturated rings. The summed E-state index contributed by atoms with van der Waals surface area (Å²) < 4.78 is 0. The van der Waals surface area contributed by atoms with Crippen LogP contribution in [0.15, 0.2) is 24.3 Å². The summed E-state index contributed by atoms with van der Waals surface area (Å²) in [6.45, 7) is 3.33. The summed E-state index contributed by atoms with van der Waals surface area (Å²) in [4.78, 5) is 28.3. The summed E-state index contributed by atoms with van der Waals surface area (Å²) in [6, 6.07) is 8.03. The van der Waals surface area contributed by atoms with Gasteiger partial charge in [0.05, 0.1) is 6.04 Å². The summed E-state index contributed by atoms with van der Waals surface area (Å²) in [5, 5.41) is 6.20. The average Bonchev–Trinajstić information content (AvgIpc) is 2.94. The molecule has 6 nitrogen and oxygen atoms in total. The topological polar surface area (TPSA) is 64.7 Å². The zero-order valence-corrected chi connectivity index (χ0v) is 12.4. The van der Waals surface area contributed by atoms with E-state index in [0.717, 1.165) is 18.5 Å². The van der Waals surface area contributed by atoms with Crippen molar-refractivity contribution in [3.63, 3.8) is 0 Å². The Morgan fingerprint density at radius 2 is 2.09 bits per heavy atom. The molecule has 0 aromatic heterocycles. The Hall–Kier alpha value is -2.08. The van der Waals surface area contributed by atoms with Gasteiger partial charge in [0, 0.05) is 32.7 Å². The second-order valence-electron chi connectivity index (χ2n) is 6.15. The zero-order chi connectivity index (χ0) is 15.1. The molecule has 2 atom stereocenters. The lowest BCUT2D eigenvalue weighted by Gasteiger charge is -2.39. The quantitative estimate of drug-likeness (QED) is 0.774. The molecule has 22 heavy (non-hydrogen) atoms. The Labute approximate surface area is 129 Å². The average molecular weight is 300 g/mol. The van der Waals surface area contributed by atoms with Crippen LogP contribution >= 0.6 is 0 Å². The minimum Gasteiger partial charge on any atom is -0.337 e. The number of urea groups is 1. The molecule has 4 rings (SSSR count). The molecule has 0 unspecified atom stereocenters. The van der Waals surface area contributed by atoms with Gasteiger partial charge in [-0.1, -0.05) is 24.3 Å². The molecule has 1 aromatic rings. The van der Waals surface area contributed by atoms with Gasteiger partial charge in [-0.3, -0.25) is 4.79 Å². The molecule has 3 amide bonds. The second kappa shape index (κ2) is 5.28. The second-order valence-corrected chi connectivity index (χ2v) is 6.15. The maximum Gasteiger partial charge on any atom is 0.317 e. The van der Waals surface area contributed by atoms with Gasteiger partial charge >= 0.3 is 6.03 Å². The first-order chi connectivity index (χ1) is 10.7. The van der Waals surface area contributed by atoms with Crippen molar-refractivity contribution < 1.29 is 9.59 Å². The maximum absolute atomic E-state index is 12.9. The molecular formula is C16H20N4O2. The summed E-state index contributed by atoms with van der Waals surface area (Å²) in [7, 11) is 0. The van der Waals surface area contributed by atoms with Gasteiger partial charge in [-0.25, -0.2) is 4.79 Å². The number of nitrogens with one attached hydrogen (secondary N) is 2. The predicted octanol–water partition coefficient (Wildman–Crippen LogP) is 0.109. The number of piperazine rings is 1. The Morgan fingerprint density at radius 3 is 3.00 bits per heavy atom. The van der Waals surface area contributed by atoms with Gasteiger partial charge in [-0.05, 0) is 17.5 Å². The summed E-state index contributed by atoms with van der Waals surface area (Å²) in [6.07, 6.45) is 0.967. The van der Waals surface area contributed by atoms with Crippen LogP contribution in [0.4, 0.5) is 4.79 Å². The van der Waals surface area contributed by atoms with Gasteiger partial charge in [0.15, 0.2) is 0 Å². The van der Waals surface area contributed by atoms with E-state index in [9.17, 15) is 9.59 Å². The van der Waals surface area contributed by atoms with E-state index in [2.05, 4.69) is 16.7 Å². The predicted molar refractivity (Wildman–Crippen MR) is 81.4 cm³/mol. The van der Waals surface area contributed by atoms with Crippen LogP contribution in [0.25, 0.3) is 0 Å². The van der Waals surface area contributed by atoms with Crippen molar-refractivity contribution in [2.24, 2.45) is 0 Å². The largest absolute Gasteiger partial charge is 0.337 e. The molecular weight excluding hydrogens is 280 g/mol. The van der Waals surface area contributed by atoms with Crippen molar-refractivity contribution in [1.82, 2.24) is 20.4 Å². The SMILES string of the molecule is O=C([C@@H]1NCCc2ccccc21)N1CCN2C(=O)NC[C@@H]2C1. The lowest BCUT2D eigenvalue weighted by atomic mass is 9.93. The molecule has 0 radical (unpaired) electrons. The van der Waals surface area contributed by atoms with E-state index < -0.39 is 0 Å². The molecule has 3 aliphatic heterocycles. The van der Waals surface area contributed by atoms with E-state index in [1.54, 1.807) is 0 Å². The molecule has 0 aliphatic carbocycles. The fourth-order valence-electron chi connectivity index (χ4n) is 3.71. The zero-order valence-electron chi connectivity index (χ0n) is 12.4. The number of hydrogen-bond donors (Lipinski definition) is 2. The summed E-state index contributed by atoms with van der Waals surface area (Å²) in [5.74, 6) is 0.131. The molecule has 0 bridgehead atoms. The van der Waals surface area contributed by atoms with E-state index in [-0.39, 0.29) is 24.0 Å². The van der Waals surface area contributed by atoms with Crippen molar-refractivity contribution in [3.8, 4) is 0 Å². The van der Waals surface area contributed by atoms with E-state index >= 15 is 0 Å². The smallest absolute Gasteiger partial charge is 0.317 e.